The first-order valence-corrected chi connectivity index (χ1v) is 6.26. The highest BCUT2D eigenvalue weighted by Gasteiger charge is 2.14. The molecule has 0 unspecified atom stereocenters. The number of carbonyl (C=O) groups is 1. The molecule has 0 aliphatic rings. The molecule has 104 valence electrons. The maximum Gasteiger partial charge on any atom is 0.342 e. The third-order valence-corrected chi connectivity index (χ3v) is 2.90. The van der Waals surface area contributed by atoms with Gasteiger partial charge in [-0.2, -0.15) is 0 Å². The molecule has 2 aromatic rings. The van der Waals surface area contributed by atoms with Crippen molar-refractivity contribution in [3.05, 3.63) is 59.2 Å². The van der Waals surface area contributed by atoms with Gasteiger partial charge in [0, 0.05) is 5.69 Å². The Kier molecular flexibility index (Phi) is 4.25. The molecular weight excluding hydrogens is 254 g/mol. The maximum atomic E-state index is 12.1. The molecule has 0 aliphatic heterocycles. The summed E-state index contributed by atoms with van der Waals surface area (Å²) in [5.41, 5.74) is 8.58. The van der Waals surface area contributed by atoms with Crippen LogP contribution in [0.1, 0.15) is 21.5 Å². The van der Waals surface area contributed by atoms with Gasteiger partial charge in [-0.1, -0.05) is 29.8 Å². The number of carbonyl (C=O) groups excluding carboxylic acids is 1. The highest BCUT2D eigenvalue weighted by Crippen LogP contribution is 2.22. The van der Waals surface area contributed by atoms with Crippen molar-refractivity contribution < 1.29 is 14.3 Å². The van der Waals surface area contributed by atoms with Crippen molar-refractivity contribution in [1.29, 1.82) is 0 Å². The summed E-state index contributed by atoms with van der Waals surface area (Å²) in [5.74, 6) is 0.00379. The van der Waals surface area contributed by atoms with Crippen LogP contribution in [0.5, 0.6) is 5.75 Å². The lowest BCUT2D eigenvalue weighted by molar-refractivity contribution is 0.0469. The third kappa shape index (κ3) is 3.29. The molecule has 2 aromatic carbocycles. The van der Waals surface area contributed by atoms with Crippen LogP contribution in [-0.2, 0) is 11.3 Å². The van der Waals surface area contributed by atoms with E-state index in [1.54, 1.807) is 18.2 Å². The lowest BCUT2D eigenvalue weighted by atomic mass is 10.1. The molecule has 0 aliphatic carbocycles. The molecule has 0 amide bonds. The van der Waals surface area contributed by atoms with Gasteiger partial charge in [0.05, 0.1) is 7.11 Å². The summed E-state index contributed by atoms with van der Waals surface area (Å²) in [6, 6.07) is 12.7. The molecule has 0 saturated carbocycles. The van der Waals surface area contributed by atoms with Gasteiger partial charge in [0.15, 0.2) is 0 Å². The molecule has 0 aromatic heterocycles. The predicted molar refractivity (Wildman–Crippen MR) is 77.7 cm³/mol. The Hall–Kier alpha value is -2.49. The summed E-state index contributed by atoms with van der Waals surface area (Å²) in [6.07, 6.45) is 0. The van der Waals surface area contributed by atoms with E-state index < -0.39 is 5.97 Å². The van der Waals surface area contributed by atoms with Crippen LogP contribution in [0, 0.1) is 6.92 Å². The molecular formula is C16H17NO3. The van der Waals surface area contributed by atoms with E-state index in [-0.39, 0.29) is 6.61 Å². The molecule has 4 nitrogen and oxygen atoms in total. The van der Waals surface area contributed by atoms with Crippen molar-refractivity contribution in [2.45, 2.75) is 13.5 Å². The van der Waals surface area contributed by atoms with E-state index in [2.05, 4.69) is 0 Å². The van der Waals surface area contributed by atoms with Gasteiger partial charge in [0.1, 0.15) is 17.9 Å². The largest absolute Gasteiger partial charge is 0.496 e. The van der Waals surface area contributed by atoms with Gasteiger partial charge in [0.2, 0.25) is 0 Å². The minimum Gasteiger partial charge on any atom is -0.496 e. The van der Waals surface area contributed by atoms with E-state index in [0.717, 1.165) is 11.1 Å². The monoisotopic (exact) mass is 271 g/mol. The number of esters is 1. The van der Waals surface area contributed by atoms with Crippen LogP contribution in [0.2, 0.25) is 0 Å². The second kappa shape index (κ2) is 6.10. The number of nitrogen functional groups attached to an aromatic ring is 1. The SMILES string of the molecule is COc1ccc(N)cc1C(=O)OCc1cccc(C)c1. The van der Waals surface area contributed by atoms with Gasteiger partial charge in [-0.05, 0) is 30.7 Å². The average Bonchev–Trinajstić information content (AvgIpc) is 2.45. The minimum atomic E-state index is -0.448. The van der Waals surface area contributed by atoms with Gasteiger partial charge < -0.3 is 15.2 Å². The van der Waals surface area contributed by atoms with Crippen molar-refractivity contribution in [2.75, 3.05) is 12.8 Å². The zero-order valence-corrected chi connectivity index (χ0v) is 11.6. The molecule has 0 saturated heterocycles. The maximum absolute atomic E-state index is 12.1. The van der Waals surface area contributed by atoms with Crippen molar-refractivity contribution in [2.24, 2.45) is 0 Å². The molecule has 2 N–H and O–H groups in total. The first-order chi connectivity index (χ1) is 9.60. The van der Waals surface area contributed by atoms with Gasteiger partial charge >= 0.3 is 5.97 Å². The van der Waals surface area contributed by atoms with Crippen LogP contribution in [0.25, 0.3) is 0 Å². The summed E-state index contributed by atoms with van der Waals surface area (Å²) in [7, 11) is 1.50. The highest BCUT2D eigenvalue weighted by atomic mass is 16.5. The predicted octanol–water partition coefficient (Wildman–Crippen LogP) is 2.94. The Morgan fingerprint density at radius 2 is 2.00 bits per heavy atom. The Labute approximate surface area is 118 Å². The highest BCUT2D eigenvalue weighted by molar-refractivity contribution is 5.93. The van der Waals surface area contributed by atoms with Crippen LogP contribution >= 0.6 is 0 Å². The number of benzene rings is 2. The Balaban J connectivity index is 2.10. The molecule has 0 radical (unpaired) electrons. The average molecular weight is 271 g/mol. The molecule has 0 heterocycles. The number of methoxy groups -OCH3 is 1. The molecule has 0 spiro atoms. The smallest absolute Gasteiger partial charge is 0.342 e. The summed E-state index contributed by atoms with van der Waals surface area (Å²) in [5, 5.41) is 0. The molecule has 0 atom stereocenters. The standard InChI is InChI=1S/C16H17NO3/c1-11-4-3-5-12(8-11)10-20-16(18)14-9-13(17)6-7-15(14)19-2/h3-9H,10,17H2,1-2H3. The van der Waals surface area contributed by atoms with Gasteiger partial charge in [-0.15, -0.1) is 0 Å². The zero-order chi connectivity index (χ0) is 14.5. The van der Waals surface area contributed by atoms with E-state index in [0.29, 0.717) is 17.0 Å². The number of hydrogen-bond donors (Lipinski definition) is 1. The van der Waals surface area contributed by atoms with Gasteiger partial charge in [-0.25, -0.2) is 4.79 Å². The molecule has 0 fully saturated rings. The van der Waals surface area contributed by atoms with E-state index in [9.17, 15) is 4.79 Å². The number of ether oxygens (including phenoxy) is 2. The first kappa shape index (κ1) is 13.9. The summed E-state index contributed by atoms with van der Waals surface area (Å²) in [6.45, 7) is 2.21. The van der Waals surface area contributed by atoms with E-state index in [4.69, 9.17) is 15.2 Å². The Bertz CT molecular complexity index is 623. The molecule has 20 heavy (non-hydrogen) atoms. The van der Waals surface area contributed by atoms with E-state index in [1.807, 2.05) is 31.2 Å². The van der Waals surface area contributed by atoms with Crippen LogP contribution in [0.4, 0.5) is 5.69 Å². The molecule has 0 bridgehead atoms. The van der Waals surface area contributed by atoms with Crippen LogP contribution in [-0.4, -0.2) is 13.1 Å². The summed E-state index contributed by atoms with van der Waals surface area (Å²) < 4.78 is 10.4. The van der Waals surface area contributed by atoms with Crippen molar-refractivity contribution in [1.82, 2.24) is 0 Å². The Morgan fingerprint density at radius 3 is 2.70 bits per heavy atom. The molecule has 4 heteroatoms. The number of hydrogen-bond acceptors (Lipinski definition) is 4. The number of anilines is 1. The second-order valence-corrected chi connectivity index (χ2v) is 4.52. The molecule has 2 rings (SSSR count). The summed E-state index contributed by atoms with van der Waals surface area (Å²) >= 11 is 0. The normalized spacial score (nSPS) is 10.1. The van der Waals surface area contributed by atoms with Crippen LogP contribution < -0.4 is 10.5 Å². The van der Waals surface area contributed by atoms with E-state index >= 15 is 0 Å². The first-order valence-electron chi connectivity index (χ1n) is 6.26. The van der Waals surface area contributed by atoms with Gasteiger partial charge in [0.25, 0.3) is 0 Å². The minimum absolute atomic E-state index is 0.221. The van der Waals surface area contributed by atoms with Crippen LogP contribution in [0.3, 0.4) is 0 Å². The quantitative estimate of drug-likeness (QED) is 0.686. The lowest BCUT2D eigenvalue weighted by Gasteiger charge is -2.10. The van der Waals surface area contributed by atoms with Crippen molar-refractivity contribution >= 4 is 11.7 Å². The number of nitrogens with two attached hydrogens (primary N) is 1. The summed E-state index contributed by atoms with van der Waals surface area (Å²) in [4.78, 5) is 12.1. The van der Waals surface area contributed by atoms with Crippen molar-refractivity contribution in [3.63, 3.8) is 0 Å². The topological polar surface area (TPSA) is 61.5 Å². The third-order valence-electron chi connectivity index (χ3n) is 2.90. The van der Waals surface area contributed by atoms with E-state index in [1.165, 1.54) is 7.11 Å². The number of rotatable bonds is 4. The van der Waals surface area contributed by atoms with Crippen LogP contribution in [0.15, 0.2) is 42.5 Å². The zero-order valence-electron chi connectivity index (χ0n) is 11.6. The Morgan fingerprint density at radius 1 is 1.20 bits per heavy atom. The fraction of sp³-hybridized carbons (Fsp3) is 0.188. The fourth-order valence-corrected chi connectivity index (χ4v) is 1.91. The lowest BCUT2D eigenvalue weighted by Crippen LogP contribution is -2.08. The van der Waals surface area contributed by atoms with Crippen molar-refractivity contribution in [3.8, 4) is 5.75 Å². The fourth-order valence-electron chi connectivity index (χ4n) is 1.91. The van der Waals surface area contributed by atoms with Gasteiger partial charge in [-0.3, -0.25) is 0 Å². The number of aryl methyl sites for hydroxylation is 1. The second-order valence-electron chi connectivity index (χ2n) is 4.52.